The van der Waals surface area contributed by atoms with Gasteiger partial charge in [-0.3, -0.25) is 11.3 Å². The number of ether oxygens (including phenoxy) is 1. The molecule has 3 N–H and O–H groups in total. The summed E-state index contributed by atoms with van der Waals surface area (Å²) in [6.07, 6.45) is 4.59. The third kappa shape index (κ3) is 2.98. The maximum Gasteiger partial charge on any atom is 0.122 e. The molecule has 3 rings (SSSR count). The molecule has 0 saturated carbocycles. The molecule has 3 nitrogen and oxygen atoms in total. The van der Waals surface area contributed by atoms with Gasteiger partial charge in [-0.15, -0.1) is 11.3 Å². The Morgan fingerprint density at radius 1 is 1.33 bits per heavy atom. The Morgan fingerprint density at radius 3 is 2.90 bits per heavy atom. The molecule has 2 aromatic rings. The summed E-state index contributed by atoms with van der Waals surface area (Å²) in [5.41, 5.74) is 6.95. The number of rotatable bonds is 5. The van der Waals surface area contributed by atoms with Crippen LogP contribution in [0.5, 0.6) is 5.75 Å². The summed E-state index contributed by atoms with van der Waals surface area (Å²) < 4.78 is 5.48. The predicted molar refractivity (Wildman–Crippen MR) is 87.8 cm³/mol. The number of hydrogen-bond donors (Lipinski definition) is 2. The molecule has 21 heavy (non-hydrogen) atoms. The Bertz CT molecular complexity index is 614. The van der Waals surface area contributed by atoms with E-state index in [-0.39, 0.29) is 6.04 Å². The summed E-state index contributed by atoms with van der Waals surface area (Å²) in [7, 11) is 1.72. The van der Waals surface area contributed by atoms with Crippen LogP contribution < -0.4 is 16.0 Å². The Labute approximate surface area is 130 Å². The van der Waals surface area contributed by atoms with Crippen molar-refractivity contribution in [3.8, 4) is 5.75 Å². The minimum Gasteiger partial charge on any atom is -0.496 e. The second-order valence-electron chi connectivity index (χ2n) is 5.69. The van der Waals surface area contributed by atoms with Gasteiger partial charge in [0.2, 0.25) is 0 Å². The summed E-state index contributed by atoms with van der Waals surface area (Å²) in [6.45, 7) is 2.10. The number of aryl methyl sites for hydroxylation is 3. The number of nitrogens with two attached hydrogens (primary N) is 1. The van der Waals surface area contributed by atoms with Gasteiger partial charge in [0.25, 0.3) is 0 Å². The molecule has 1 aliphatic rings. The smallest absolute Gasteiger partial charge is 0.122 e. The van der Waals surface area contributed by atoms with E-state index in [9.17, 15) is 0 Å². The molecule has 0 aliphatic heterocycles. The van der Waals surface area contributed by atoms with Crippen molar-refractivity contribution in [1.29, 1.82) is 0 Å². The minimum atomic E-state index is 0.149. The van der Waals surface area contributed by atoms with Crippen molar-refractivity contribution in [1.82, 2.24) is 5.43 Å². The van der Waals surface area contributed by atoms with Crippen LogP contribution in [-0.2, 0) is 19.3 Å². The van der Waals surface area contributed by atoms with Gasteiger partial charge < -0.3 is 4.74 Å². The summed E-state index contributed by atoms with van der Waals surface area (Å²) in [4.78, 5) is 2.88. The third-order valence-electron chi connectivity index (χ3n) is 4.17. The van der Waals surface area contributed by atoms with Crippen LogP contribution >= 0.6 is 11.3 Å². The summed E-state index contributed by atoms with van der Waals surface area (Å²) in [5, 5.41) is 0. The van der Waals surface area contributed by atoms with Gasteiger partial charge in [-0.05, 0) is 55.9 Å². The first kappa shape index (κ1) is 14.6. The number of benzene rings is 1. The maximum absolute atomic E-state index is 5.82. The second kappa shape index (κ2) is 6.18. The van der Waals surface area contributed by atoms with Crippen LogP contribution in [0.25, 0.3) is 0 Å². The average Bonchev–Trinajstić information content (AvgIpc) is 3.06. The number of thiophene rings is 1. The number of fused-ring (bicyclic) bond motifs is 1. The van der Waals surface area contributed by atoms with Crippen LogP contribution in [0.1, 0.15) is 38.9 Å². The Hall–Kier alpha value is -1.36. The highest BCUT2D eigenvalue weighted by atomic mass is 32.1. The second-order valence-corrected chi connectivity index (χ2v) is 6.86. The van der Waals surface area contributed by atoms with Crippen LogP contribution in [0.15, 0.2) is 24.3 Å². The van der Waals surface area contributed by atoms with Gasteiger partial charge in [0.15, 0.2) is 0 Å². The zero-order valence-corrected chi connectivity index (χ0v) is 13.4. The van der Waals surface area contributed by atoms with Gasteiger partial charge in [-0.25, -0.2) is 0 Å². The highest BCUT2D eigenvalue weighted by molar-refractivity contribution is 7.12. The topological polar surface area (TPSA) is 47.3 Å². The lowest BCUT2D eigenvalue weighted by atomic mass is 10.0. The first-order valence-electron chi connectivity index (χ1n) is 7.42. The van der Waals surface area contributed by atoms with Gasteiger partial charge in [0, 0.05) is 9.75 Å². The third-order valence-corrected chi connectivity index (χ3v) is 5.52. The molecular formula is C17H22N2OS. The molecule has 1 atom stereocenters. The van der Waals surface area contributed by atoms with E-state index in [1.54, 1.807) is 12.0 Å². The van der Waals surface area contributed by atoms with E-state index in [0.717, 1.165) is 12.2 Å². The summed E-state index contributed by atoms with van der Waals surface area (Å²) in [5.74, 6) is 6.75. The average molecular weight is 302 g/mol. The standard InChI is InChI=1S/C17H22N2OS/c1-11-6-7-15(20-2)13(8-11)9-14(19-18)17-10-12-4-3-5-16(12)21-17/h6-8,10,14,19H,3-5,9,18H2,1-2H3. The Morgan fingerprint density at radius 2 is 2.19 bits per heavy atom. The van der Waals surface area contributed by atoms with Crippen LogP contribution in [0.2, 0.25) is 0 Å². The molecule has 1 aromatic heterocycles. The SMILES string of the molecule is COc1ccc(C)cc1CC(NN)c1cc2c(s1)CCC2. The lowest BCUT2D eigenvalue weighted by Gasteiger charge is -2.17. The van der Waals surface area contributed by atoms with Gasteiger partial charge in [-0.2, -0.15) is 0 Å². The zero-order valence-electron chi connectivity index (χ0n) is 12.6. The van der Waals surface area contributed by atoms with Gasteiger partial charge in [0.1, 0.15) is 5.75 Å². The lowest BCUT2D eigenvalue weighted by molar-refractivity contribution is 0.406. The molecule has 4 heteroatoms. The fourth-order valence-corrected chi connectivity index (χ4v) is 4.37. The zero-order chi connectivity index (χ0) is 14.8. The quantitative estimate of drug-likeness (QED) is 0.658. The van der Waals surface area contributed by atoms with E-state index in [1.165, 1.54) is 40.8 Å². The van der Waals surface area contributed by atoms with E-state index in [2.05, 4.69) is 30.5 Å². The number of nitrogens with one attached hydrogen (secondary N) is 1. The fraction of sp³-hybridized carbons (Fsp3) is 0.412. The normalized spacial score (nSPS) is 15.0. The van der Waals surface area contributed by atoms with Crippen molar-refractivity contribution in [3.63, 3.8) is 0 Å². The van der Waals surface area contributed by atoms with Crippen molar-refractivity contribution >= 4 is 11.3 Å². The highest BCUT2D eigenvalue weighted by Gasteiger charge is 2.20. The van der Waals surface area contributed by atoms with Crippen molar-refractivity contribution in [3.05, 3.63) is 50.7 Å². The lowest BCUT2D eigenvalue weighted by Crippen LogP contribution is -2.29. The minimum absolute atomic E-state index is 0.149. The van der Waals surface area contributed by atoms with E-state index in [1.807, 2.05) is 17.4 Å². The summed E-state index contributed by atoms with van der Waals surface area (Å²) in [6, 6.07) is 8.78. The van der Waals surface area contributed by atoms with E-state index < -0.39 is 0 Å². The highest BCUT2D eigenvalue weighted by Crippen LogP contribution is 2.35. The summed E-state index contributed by atoms with van der Waals surface area (Å²) >= 11 is 1.91. The molecule has 1 unspecified atom stereocenters. The molecule has 0 amide bonds. The molecule has 0 radical (unpaired) electrons. The number of hydrogen-bond acceptors (Lipinski definition) is 4. The van der Waals surface area contributed by atoms with Gasteiger partial charge in [-0.1, -0.05) is 17.7 Å². The van der Waals surface area contributed by atoms with Crippen molar-refractivity contribution in [2.24, 2.45) is 5.84 Å². The maximum atomic E-state index is 5.82. The Kier molecular flexibility index (Phi) is 4.29. The van der Waals surface area contributed by atoms with Crippen molar-refractivity contribution in [2.45, 2.75) is 38.6 Å². The van der Waals surface area contributed by atoms with E-state index in [4.69, 9.17) is 10.6 Å². The van der Waals surface area contributed by atoms with Crippen LogP contribution in [0.3, 0.4) is 0 Å². The van der Waals surface area contributed by atoms with Crippen molar-refractivity contribution in [2.75, 3.05) is 7.11 Å². The van der Waals surface area contributed by atoms with Crippen LogP contribution in [0, 0.1) is 6.92 Å². The first-order valence-corrected chi connectivity index (χ1v) is 8.24. The van der Waals surface area contributed by atoms with Gasteiger partial charge >= 0.3 is 0 Å². The first-order chi connectivity index (χ1) is 10.2. The molecule has 1 heterocycles. The fourth-order valence-electron chi connectivity index (χ4n) is 3.05. The molecule has 1 aromatic carbocycles. The number of hydrazine groups is 1. The molecule has 0 spiro atoms. The molecule has 0 fully saturated rings. The van der Waals surface area contributed by atoms with Crippen molar-refractivity contribution < 1.29 is 4.74 Å². The van der Waals surface area contributed by atoms with Crippen LogP contribution in [-0.4, -0.2) is 7.11 Å². The van der Waals surface area contributed by atoms with Gasteiger partial charge in [0.05, 0.1) is 13.2 Å². The predicted octanol–water partition coefficient (Wildman–Crippen LogP) is 3.30. The molecule has 1 aliphatic carbocycles. The van der Waals surface area contributed by atoms with E-state index >= 15 is 0 Å². The largest absolute Gasteiger partial charge is 0.496 e. The number of methoxy groups -OCH3 is 1. The molecule has 112 valence electrons. The Balaban J connectivity index is 1.85. The molecule has 0 bridgehead atoms. The van der Waals surface area contributed by atoms with Crippen LogP contribution in [0.4, 0.5) is 0 Å². The van der Waals surface area contributed by atoms with E-state index in [0.29, 0.717) is 0 Å². The molecular weight excluding hydrogens is 280 g/mol. The molecule has 0 saturated heterocycles. The monoisotopic (exact) mass is 302 g/mol.